The molecule has 17 nitrogen and oxygen atoms in total. The molecule has 0 unspecified atom stereocenters. The fourth-order valence-electron chi connectivity index (χ4n) is 14.0. The van der Waals surface area contributed by atoms with E-state index in [1.54, 1.807) is 11.2 Å². The lowest BCUT2D eigenvalue weighted by Crippen LogP contribution is -2.50. The number of sulfone groups is 1. The Bertz CT molecular complexity index is 2190. The van der Waals surface area contributed by atoms with Gasteiger partial charge in [-0.05, 0) is 294 Å². The molecule has 0 aromatic heterocycles. The second-order valence-electron chi connectivity index (χ2n) is 34.2. The van der Waals surface area contributed by atoms with E-state index in [-0.39, 0.29) is 7.43 Å². The molecule has 10 fully saturated rings. The van der Waals surface area contributed by atoms with Crippen LogP contribution in [-0.4, -0.2) is 336 Å². The van der Waals surface area contributed by atoms with Crippen LogP contribution in [0.3, 0.4) is 0 Å². The minimum Gasteiger partial charge on any atom is -0.379 e. The Morgan fingerprint density at radius 3 is 0.990 bits per heavy atom. The molecule has 0 bridgehead atoms. The van der Waals surface area contributed by atoms with Crippen LogP contribution in [0.25, 0.3) is 0 Å². The Morgan fingerprint density at radius 1 is 0.402 bits per heavy atom. The number of ether oxygens (including phenoxy) is 1. The smallest absolute Gasteiger partial charge is 0.211 e. The number of likely N-dealkylation sites (N-methyl/N-ethyl adjacent to an activating group) is 1. The summed E-state index contributed by atoms with van der Waals surface area (Å²) in [5, 5.41) is 0. The first-order chi connectivity index (χ1) is 47.2. The number of terminal acetylenes is 1. The summed E-state index contributed by atoms with van der Waals surface area (Å²) in [6.07, 6.45) is 21.7. The summed E-state index contributed by atoms with van der Waals surface area (Å²) < 4.78 is 64.4. The lowest BCUT2D eigenvalue weighted by molar-refractivity contribution is 0.0238. The third-order valence-corrected chi connectivity index (χ3v) is 25.3. The highest BCUT2D eigenvalue weighted by atomic mass is 32.2. The molecule has 10 saturated heterocycles. The quantitative estimate of drug-likeness (QED) is 0.183. The summed E-state index contributed by atoms with van der Waals surface area (Å²) in [6.45, 7) is 79.1. The van der Waals surface area contributed by atoms with Crippen molar-refractivity contribution in [2.75, 3.05) is 195 Å². The molecule has 1 atom stereocenters. The van der Waals surface area contributed by atoms with Crippen molar-refractivity contribution in [1.82, 2.24) is 58.2 Å². The van der Waals surface area contributed by atoms with E-state index in [4.69, 9.17) is 11.2 Å². The van der Waals surface area contributed by atoms with Crippen molar-refractivity contribution in [3.05, 3.63) is 0 Å². The van der Waals surface area contributed by atoms with Crippen molar-refractivity contribution in [3.63, 3.8) is 0 Å². The molecular formula is C82H173FN12O5S2. The molecule has 0 aromatic rings. The Hall–Kier alpha value is -1.13. The molecule has 0 aromatic carbocycles. The largest absolute Gasteiger partial charge is 0.379 e. The van der Waals surface area contributed by atoms with Crippen LogP contribution in [-0.2, 0) is 24.6 Å². The average molecular weight is 1490 g/mol. The van der Waals surface area contributed by atoms with Gasteiger partial charge in [0.15, 0.2) is 9.84 Å². The number of piperidine rings is 4. The van der Waals surface area contributed by atoms with Crippen LogP contribution in [0.5, 0.6) is 0 Å². The van der Waals surface area contributed by atoms with Gasteiger partial charge < -0.3 is 39.0 Å². The average Bonchev–Trinajstić information content (AvgIpc) is 1.14. The van der Waals surface area contributed by atoms with Crippen molar-refractivity contribution in [2.45, 2.75) is 310 Å². The predicted octanol–water partition coefficient (Wildman–Crippen LogP) is 13.3. The van der Waals surface area contributed by atoms with Crippen molar-refractivity contribution >= 4 is 19.9 Å². The lowest BCUT2D eigenvalue weighted by atomic mass is 9.95. The standard InChI is InChI=1S/C10H17N.C9H18FN.C9H19N.C8H18N2O2S.C8H18N2.2C8H17N.C7H15NO2S.C7H15NO.C7H15N.CH4/c1-4-10-5-7-11(8-6-10)9(2)3;1-8(2)11-6-4-9(3,10)5-7-11;1-8(2)10-6-4-9(3)5-7-10;1-8(2)9-4-6-10(7-5-9)13(3,11)12;1-8(2)10-6-4-9(3)5-7-10;1-7(2)9-5-4-8(3)6-9;1-8(2)9-6-4-3-5-7-9;1-7(2)8-3-5-11(9,10)6-4-8;1-7(2)8-3-5-9-6-4-8;1-7(2)8-5-3-4-6-8;/h1,9-10H,5-8H2,2-3H3;8H,4-7H2,1-3H3;8-9H,4-7H2,1-3H3;8H,4-7H2,1-3H3;8H,4-7H2,1-3H3;7-8H,4-6H2,1-3H3;8H,3-7H2,1-2H3;7H,3-6H2,1-2H3;7H,3-6H2,1-2H3;7H,3-6H2,1-2H3;1H4/t;;;;;8-;;;;;/m.....0...../s1. The van der Waals surface area contributed by atoms with Gasteiger partial charge in [-0.15, -0.1) is 12.3 Å². The van der Waals surface area contributed by atoms with E-state index in [2.05, 4.69) is 219 Å². The maximum atomic E-state index is 13.3. The van der Waals surface area contributed by atoms with Crippen LogP contribution in [0.15, 0.2) is 0 Å². The number of hydrogen-bond acceptors (Lipinski definition) is 16. The van der Waals surface area contributed by atoms with E-state index in [0.29, 0.717) is 86.7 Å². The Balaban J connectivity index is 0.00000111. The topological polar surface area (TPSA) is 116 Å². The first-order valence-electron chi connectivity index (χ1n) is 41.2. The fraction of sp³-hybridized carbons (Fsp3) is 0.976. The molecule has 20 heteroatoms. The molecule has 10 heterocycles. The molecule has 0 amide bonds. The highest BCUT2D eigenvalue weighted by Crippen LogP contribution is 2.27. The zero-order valence-electron chi connectivity index (χ0n) is 71.0. The third kappa shape index (κ3) is 46.4. The van der Waals surface area contributed by atoms with Gasteiger partial charge in [0.05, 0.1) is 31.0 Å². The van der Waals surface area contributed by atoms with E-state index < -0.39 is 25.5 Å². The zero-order valence-corrected chi connectivity index (χ0v) is 72.6. The van der Waals surface area contributed by atoms with Crippen molar-refractivity contribution < 1.29 is 26.0 Å². The van der Waals surface area contributed by atoms with Gasteiger partial charge in [0, 0.05) is 165 Å². The van der Waals surface area contributed by atoms with E-state index in [0.717, 1.165) is 94.5 Å². The molecule has 0 N–H and O–H groups in total. The monoisotopic (exact) mass is 1490 g/mol. The Labute approximate surface area is 635 Å². The van der Waals surface area contributed by atoms with Gasteiger partial charge in [0.2, 0.25) is 10.0 Å². The summed E-state index contributed by atoms with van der Waals surface area (Å²) in [6, 6.07) is 6.74. The molecule has 0 aliphatic carbocycles. The second-order valence-corrected chi connectivity index (χ2v) is 38.5. The summed E-state index contributed by atoms with van der Waals surface area (Å²) in [7, 11) is -3.47. The minimum absolute atomic E-state index is 0. The first kappa shape index (κ1) is 101. The van der Waals surface area contributed by atoms with Crippen LogP contribution >= 0.6 is 0 Å². The molecule has 0 radical (unpaired) electrons. The highest BCUT2D eigenvalue weighted by molar-refractivity contribution is 7.91. The van der Waals surface area contributed by atoms with Gasteiger partial charge >= 0.3 is 0 Å². The summed E-state index contributed by atoms with van der Waals surface area (Å²) >= 11 is 0. The molecule has 0 saturated carbocycles. The van der Waals surface area contributed by atoms with Gasteiger partial charge in [0.1, 0.15) is 5.67 Å². The molecule has 0 spiro atoms. The van der Waals surface area contributed by atoms with Crippen LogP contribution < -0.4 is 0 Å². The molecule has 102 heavy (non-hydrogen) atoms. The highest BCUT2D eigenvalue weighted by Gasteiger charge is 2.31. The predicted molar refractivity (Wildman–Crippen MR) is 443 cm³/mol. The summed E-state index contributed by atoms with van der Waals surface area (Å²) in [5.41, 5.74) is -0.897. The Morgan fingerprint density at radius 2 is 0.686 bits per heavy atom. The number of rotatable bonds is 11. The van der Waals surface area contributed by atoms with Gasteiger partial charge in [-0.25, -0.2) is 21.2 Å². The van der Waals surface area contributed by atoms with Gasteiger partial charge in [-0.3, -0.25) is 19.6 Å². The molecule has 610 valence electrons. The Kier molecular flexibility index (Phi) is 53.9. The first-order valence-corrected chi connectivity index (χ1v) is 44.8. The van der Waals surface area contributed by atoms with E-state index in [1.165, 1.54) is 162 Å². The number of morpholine rings is 1. The minimum atomic E-state index is -2.97. The number of likely N-dealkylation sites (tertiary alicyclic amines) is 6. The van der Waals surface area contributed by atoms with Gasteiger partial charge in [0.25, 0.3) is 0 Å². The van der Waals surface area contributed by atoms with E-state index in [9.17, 15) is 21.2 Å². The molecule has 10 aliphatic heterocycles. The third-order valence-electron chi connectivity index (χ3n) is 22.4. The van der Waals surface area contributed by atoms with Crippen LogP contribution in [0.1, 0.15) is 244 Å². The maximum Gasteiger partial charge on any atom is 0.211 e. The number of hydrogen-bond donors (Lipinski definition) is 0. The lowest BCUT2D eigenvalue weighted by Gasteiger charge is -2.36. The van der Waals surface area contributed by atoms with Gasteiger partial charge in [-0.1, -0.05) is 27.7 Å². The van der Waals surface area contributed by atoms with Gasteiger partial charge in [-0.2, -0.15) is 4.31 Å². The number of nitrogens with zero attached hydrogens (tertiary/aromatic N) is 12. The van der Waals surface area contributed by atoms with E-state index in [1.807, 2.05) is 0 Å². The summed E-state index contributed by atoms with van der Waals surface area (Å²) in [4.78, 5) is 26.9. The molecule has 10 aliphatic rings. The summed E-state index contributed by atoms with van der Waals surface area (Å²) in [5.74, 6) is 5.96. The molecular weight excluding hydrogens is 1320 g/mol. The number of halogens is 1. The zero-order chi connectivity index (χ0) is 76.6. The second kappa shape index (κ2) is 54.5. The maximum absolute atomic E-state index is 13.3. The van der Waals surface area contributed by atoms with Crippen molar-refractivity contribution in [2.24, 2.45) is 17.8 Å². The van der Waals surface area contributed by atoms with E-state index >= 15 is 0 Å². The normalized spacial score (nSPS) is 24.0. The van der Waals surface area contributed by atoms with Crippen LogP contribution in [0, 0.1) is 30.1 Å². The fourth-order valence-corrected chi connectivity index (χ4v) is 16.0. The van der Waals surface area contributed by atoms with Crippen LogP contribution in [0.2, 0.25) is 0 Å². The van der Waals surface area contributed by atoms with Crippen molar-refractivity contribution in [3.8, 4) is 12.3 Å². The number of sulfonamides is 1. The SMILES string of the molecule is C.C#CC1CCN(C(C)C)CC1.CC(C)N1CCC(C)(F)CC1.CC(C)N1CCCC1.CC(C)N1CCCCC1.CC(C)N1CCN(C)CC1.CC(C)N1CCN(S(C)(=O)=O)CC1.CC(C)N1CCOCC1.CC(C)N1CCS(=O)(=O)CC1.CC(C)N1CC[C@H](C)C1.CC1CCN(C(C)C)CC1. The van der Waals surface area contributed by atoms with Crippen molar-refractivity contribution in [1.29, 1.82) is 0 Å². The van der Waals surface area contributed by atoms with Crippen LogP contribution in [0.4, 0.5) is 4.39 Å². The molecule has 10 rings (SSSR count). The number of piperazine rings is 2. The number of alkyl halides is 1.